The fraction of sp³-hybridized carbons (Fsp3) is 0.529. The number of hydrogen-bond acceptors (Lipinski definition) is 3. The molecule has 22 heavy (non-hydrogen) atoms. The zero-order valence-corrected chi connectivity index (χ0v) is 14.4. The Hall–Kier alpha value is -1.33. The third-order valence-corrected chi connectivity index (χ3v) is 5.83. The highest BCUT2D eigenvalue weighted by atomic mass is 32.2. The third kappa shape index (κ3) is 4.11. The van der Waals surface area contributed by atoms with Gasteiger partial charge >= 0.3 is 0 Å². The van der Waals surface area contributed by atoms with E-state index >= 15 is 0 Å². The van der Waals surface area contributed by atoms with Gasteiger partial charge in [-0.05, 0) is 69.2 Å². The number of aryl methyl sites for hydroxylation is 2. The van der Waals surface area contributed by atoms with Gasteiger partial charge < -0.3 is 4.74 Å². The van der Waals surface area contributed by atoms with Crippen molar-refractivity contribution in [2.75, 3.05) is 13.7 Å². The molecule has 0 fully saturated rings. The van der Waals surface area contributed by atoms with Crippen LogP contribution in [0.5, 0.6) is 5.75 Å². The molecule has 0 heterocycles. The number of hydrogen-bond donors (Lipinski definition) is 1. The molecular formula is C17H25NO3S. The fourth-order valence-corrected chi connectivity index (χ4v) is 4.48. The Bertz CT molecular complexity index is 639. The quantitative estimate of drug-likeness (QED) is 0.815. The van der Waals surface area contributed by atoms with E-state index in [2.05, 4.69) is 10.8 Å². The van der Waals surface area contributed by atoms with Gasteiger partial charge in [-0.2, -0.15) is 0 Å². The minimum absolute atomic E-state index is 0.367. The number of allylic oxidation sites excluding steroid dienone is 1. The van der Waals surface area contributed by atoms with E-state index in [4.69, 9.17) is 4.74 Å². The molecule has 0 aromatic heterocycles. The van der Waals surface area contributed by atoms with E-state index in [1.165, 1.54) is 18.4 Å². The molecule has 1 aliphatic carbocycles. The summed E-state index contributed by atoms with van der Waals surface area (Å²) in [6.45, 7) is 4.06. The van der Waals surface area contributed by atoms with Crippen molar-refractivity contribution in [1.29, 1.82) is 0 Å². The monoisotopic (exact) mass is 323 g/mol. The highest BCUT2D eigenvalue weighted by Gasteiger charge is 2.20. The van der Waals surface area contributed by atoms with Crippen molar-refractivity contribution in [2.24, 2.45) is 0 Å². The maximum Gasteiger partial charge on any atom is 0.241 e. The molecule has 4 nitrogen and oxygen atoms in total. The topological polar surface area (TPSA) is 55.4 Å². The van der Waals surface area contributed by atoms with Crippen molar-refractivity contribution in [3.8, 4) is 5.75 Å². The fourth-order valence-electron chi connectivity index (χ4n) is 3.00. The molecule has 0 unspecified atom stereocenters. The number of nitrogens with one attached hydrogen (secondary N) is 1. The second-order valence-corrected chi connectivity index (χ2v) is 7.55. The lowest BCUT2D eigenvalue weighted by Crippen LogP contribution is -2.26. The Kier molecular flexibility index (Phi) is 5.64. The SMILES string of the molecule is COc1cc(C)c(S(=O)(=O)NCCC2=CCCCC2)c(C)c1. The Labute approximate surface area is 133 Å². The molecule has 0 atom stereocenters. The number of rotatable bonds is 6. The van der Waals surface area contributed by atoms with Crippen molar-refractivity contribution >= 4 is 10.0 Å². The Morgan fingerprint density at radius 1 is 1.18 bits per heavy atom. The molecular weight excluding hydrogens is 298 g/mol. The predicted molar refractivity (Wildman–Crippen MR) is 88.8 cm³/mol. The van der Waals surface area contributed by atoms with Gasteiger partial charge in [0.2, 0.25) is 10.0 Å². The van der Waals surface area contributed by atoms with Crippen molar-refractivity contribution in [3.63, 3.8) is 0 Å². The molecule has 1 aromatic carbocycles. The zero-order chi connectivity index (χ0) is 16.2. The van der Waals surface area contributed by atoms with E-state index < -0.39 is 10.0 Å². The van der Waals surface area contributed by atoms with Gasteiger partial charge in [-0.25, -0.2) is 13.1 Å². The lowest BCUT2D eigenvalue weighted by atomic mass is 9.97. The molecule has 1 N–H and O–H groups in total. The first kappa shape index (κ1) is 17.0. The van der Waals surface area contributed by atoms with E-state index in [0.29, 0.717) is 28.3 Å². The summed E-state index contributed by atoms with van der Waals surface area (Å²) in [6.07, 6.45) is 7.74. The maximum absolute atomic E-state index is 12.5. The van der Waals surface area contributed by atoms with Crippen LogP contribution in [0.1, 0.15) is 43.2 Å². The first-order valence-electron chi connectivity index (χ1n) is 7.77. The van der Waals surface area contributed by atoms with E-state index in [1.54, 1.807) is 33.1 Å². The average molecular weight is 323 g/mol. The summed E-state index contributed by atoms with van der Waals surface area (Å²) >= 11 is 0. The standard InChI is InChI=1S/C17H25NO3S/c1-13-11-16(21-3)12-14(2)17(13)22(19,20)18-10-9-15-7-5-4-6-8-15/h7,11-12,18H,4-6,8-10H2,1-3H3. The van der Waals surface area contributed by atoms with Gasteiger partial charge in [-0.1, -0.05) is 11.6 Å². The summed E-state index contributed by atoms with van der Waals surface area (Å²) in [7, 11) is -1.90. The third-order valence-electron chi connectivity index (χ3n) is 4.06. The molecule has 0 bridgehead atoms. The molecule has 5 heteroatoms. The Morgan fingerprint density at radius 2 is 1.86 bits per heavy atom. The van der Waals surface area contributed by atoms with Crippen molar-refractivity contribution < 1.29 is 13.2 Å². The van der Waals surface area contributed by atoms with Crippen LogP contribution in [0, 0.1) is 13.8 Å². The highest BCUT2D eigenvalue weighted by Crippen LogP contribution is 2.26. The highest BCUT2D eigenvalue weighted by molar-refractivity contribution is 7.89. The Morgan fingerprint density at radius 3 is 2.41 bits per heavy atom. The smallest absolute Gasteiger partial charge is 0.241 e. The van der Waals surface area contributed by atoms with Crippen molar-refractivity contribution in [2.45, 2.75) is 50.8 Å². The van der Waals surface area contributed by atoms with Gasteiger partial charge in [0.15, 0.2) is 0 Å². The first-order chi connectivity index (χ1) is 10.4. The van der Waals surface area contributed by atoms with Crippen LogP contribution < -0.4 is 9.46 Å². The van der Waals surface area contributed by atoms with Crippen LogP contribution >= 0.6 is 0 Å². The van der Waals surface area contributed by atoms with Crippen LogP contribution in [0.2, 0.25) is 0 Å². The average Bonchev–Trinajstić information content (AvgIpc) is 2.47. The van der Waals surface area contributed by atoms with Gasteiger partial charge in [0, 0.05) is 6.54 Å². The lowest BCUT2D eigenvalue weighted by Gasteiger charge is -2.15. The van der Waals surface area contributed by atoms with Crippen LogP contribution in [0.15, 0.2) is 28.7 Å². The molecule has 0 saturated heterocycles. The van der Waals surface area contributed by atoms with E-state index in [9.17, 15) is 8.42 Å². The number of benzene rings is 1. The molecule has 0 amide bonds. The maximum atomic E-state index is 12.5. The Balaban J connectivity index is 2.08. The van der Waals surface area contributed by atoms with Crippen LogP contribution in [0.25, 0.3) is 0 Å². The van der Waals surface area contributed by atoms with Crippen LogP contribution in [0.3, 0.4) is 0 Å². The number of sulfonamides is 1. The van der Waals surface area contributed by atoms with Gasteiger partial charge in [0.1, 0.15) is 5.75 Å². The minimum atomic E-state index is -3.48. The first-order valence-corrected chi connectivity index (χ1v) is 9.25. The molecule has 1 aliphatic rings. The van der Waals surface area contributed by atoms with E-state index in [0.717, 1.165) is 19.3 Å². The summed E-state index contributed by atoms with van der Waals surface area (Å²) in [4.78, 5) is 0.367. The summed E-state index contributed by atoms with van der Waals surface area (Å²) in [5.41, 5.74) is 2.79. The zero-order valence-electron chi connectivity index (χ0n) is 13.6. The normalized spacial score (nSPS) is 15.5. The largest absolute Gasteiger partial charge is 0.497 e. The van der Waals surface area contributed by atoms with Gasteiger partial charge in [0.05, 0.1) is 12.0 Å². The summed E-state index contributed by atoms with van der Waals surface area (Å²) in [6, 6.07) is 3.51. The van der Waals surface area contributed by atoms with Crippen molar-refractivity contribution in [1.82, 2.24) is 4.72 Å². The number of ether oxygens (including phenoxy) is 1. The molecule has 0 saturated carbocycles. The molecule has 2 rings (SSSR count). The minimum Gasteiger partial charge on any atom is -0.497 e. The van der Waals surface area contributed by atoms with E-state index in [-0.39, 0.29) is 0 Å². The summed E-state index contributed by atoms with van der Waals surface area (Å²) in [5.74, 6) is 0.682. The summed E-state index contributed by atoms with van der Waals surface area (Å²) < 4.78 is 33.0. The van der Waals surface area contributed by atoms with Crippen LogP contribution in [-0.2, 0) is 10.0 Å². The van der Waals surface area contributed by atoms with Crippen LogP contribution in [-0.4, -0.2) is 22.1 Å². The van der Waals surface area contributed by atoms with Gasteiger partial charge in [-0.15, -0.1) is 0 Å². The molecule has 0 spiro atoms. The van der Waals surface area contributed by atoms with E-state index in [1.807, 2.05) is 0 Å². The van der Waals surface area contributed by atoms with Gasteiger partial charge in [-0.3, -0.25) is 0 Å². The lowest BCUT2D eigenvalue weighted by molar-refractivity contribution is 0.413. The predicted octanol–water partition coefficient (Wildman–Crippen LogP) is 3.48. The van der Waals surface area contributed by atoms with Gasteiger partial charge in [0.25, 0.3) is 0 Å². The number of methoxy groups -OCH3 is 1. The van der Waals surface area contributed by atoms with Crippen LogP contribution in [0.4, 0.5) is 0 Å². The summed E-state index contributed by atoms with van der Waals surface area (Å²) in [5, 5.41) is 0. The second kappa shape index (κ2) is 7.29. The molecule has 0 radical (unpaired) electrons. The van der Waals surface area contributed by atoms with Crippen molar-refractivity contribution in [3.05, 3.63) is 34.9 Å². The molecule has 0 aliphatic heterocycles. The molecule has 1 aromatic rings. The molecule has 122 valence electrons. The second-order valence-electron chi connectivity index (χ2n) is 5.85.